The Balaban J connectivity index is 2.05. The number of carboxylic acids is 1. The fourth-order valence-corrected chi connectivity index (χ4v) is 2.95. The van der Waals surface area contributed by atoms with Crippen molar-refractivity contribution < 1.29 is 14.7 Å². The number of hydrogen-bond acceptors (Lipinski definition) is 5. The summed E-state index contributed by atoms with van der Waals surface area (Å²) in [5, 5.41) is 9.58. The summed E-state index contributed by atoms with van der Waals surface area (Å²) in [4.78, 5) is 31.2. The average molecular weight is 309 g/mol. The number of rotatable bonds is 4. The van der Waals surface area contributed by atoms with Crippen LogP contribution in [0, 0.1) is 0 Å². The lowest BCUT2D eigenvalue weighted by molar-refractivity contribution is -0.138. The lowest BCUT2D eigenvalue weighted by Gasteiger charge is -2.21. The third kappa shape index (κ3) is 4.18. The molecular formula is C14H19N3O3S. The standard InChI is InChI=1S/C14H19N3O3S/c1-21-13-11(4-2-5-15-13)14(20)17-7-3-6-16(8-9-17)10-12(18)19/h2,4-5H,3,6-10H2,1H3,(H,18,19). The Morgan fingerprint density at radius 1 is 1.33 bits per heavy atom. The Hall–Kier alpha value is -1.60. The minimum Gasteiger partial charge on any atom is -0.480 e. The van der Waals surface area contributed by atoms with Gasteiger partial charge in [0.2, 0.25) is 0 Å². The van der Waals surface area contributed by atoms with Crippen LogP contribution in [0.15, 0.2) is 23.4 Å². The predicted octanol–water partition coefficient (Wildman–Crippen LogP) is 1.04. The molecule has 2 rings (SSSR count). The highest BCUT2D eigenvalue weighted by atomic mass is 32.2. The number of hydrogen-bond donors (Lipinski definition) is 1. The summed E-state index contributed by atoms with van der Waals surface area (Å²) < 4.78 is 0. The molecule has 0 bridgehead atoms. The van der Waals surface area contributed by atoms with Crippen LogP contribution in [-0.2, 0) is 4.79 Å². The maximum Gasteiger partial charge on any atom is 0.317 e. The highest BCUT2D eigenvalue weighted by molar-refractivity contribution is 7.98. The average Bonchev–Trinajstić information content (AvgIpc) is 2.71. The first-order valence-electron chi connectivity index (χ1n) is 6.84. The van der Waals surface area contributed by atoms with Crippen molar-refractivity contribution in [2.24, 2.45) is 0 Å². The minimum atomic E-state index is -0.827. The van der Waals surface area contributed by atoms with Crippen LogP contribution in [0.3, 0.4) is 0 Å². The van der Waals surface area contributed by atoms with E-state index in [9.17, 15) is 9.59 Å². The normalized spacial score (nSPS) is 16.5. The highest BCUT2D eigenvalue weighted by Crippen LogP contribution is 2.19. The fraction of sp³-hybridized carbons (Fsp3) is 0.500. The van der Waals surface area contributed by atoms with Crippen molar-refractivity contribution in [1.82, 2.24) is 14.8 Å². The third-order valence-corrected chi connectivity index (χ3v) is 4.14. The number of carbonyl (C=O) groups excluding carboxylic acids is 1. The first kappa shape index (κ1) is 15.8. The van der Waals surface area contributed by atoms with Gasteiger partial charge in [0.15, 0.2) is 0 Å². The van der Waals surface area contributed by atoms with E-state index in [1.807, 2.05) is 11.2 Å². The molecule has 0 spiro atoms. The molecule has 0 saturated carbocycles. The fourth-order valence-electron chi connectivity index (χ4n) is 2.41. The molecular weight excluding hydrogens is 290 g/mol. The number of aliphatic carboxylic acids is 1. The summed E-state index contributed by atoms with van der Waals surface area (Å²) in [7, 11) is 0. The molecule has 0 aliphatic carbocycles. The lowest BCUT2D eigenvalue weighted by atomic mass is 10.2. The second kappa shape index (κ2) is 7.42. The zero-order chi connectivity index (χ0) is 15.2. The van der Waals surface area contributed by atoms with Crippen molar-refractivity contribution in [2.45, 2.75) is 11.4 Å². The summed E-state index contributed by atoms with van der Waals surface area (Å²) >= 11 is 1.46. The number of nitrogens with zero attached hydrogens (tertiary/aromatic N) is 3. The van der Waals surface area contributed by atoms with E-state index < -0.39 is 5.97 Å². The molecule has 0 radical (unpaired) electrons. The SMILES string of the molecule is CSc1ncccc1C(=O)N1CCCN(CC(=O)O)CC1. The molecule has 114 valence electrons. The van der Waals surface area contributed by atoms with Crippen LogP contribution < -0.4 is 0 Å². The molecule has 7 heteroatoms. The van der Waals surface area contributed by atoms with Gasteiger partial charge < -0.3 is 10.0 Å². The Bertz CT molecular complexity index is 524. The Morgan fingerprint density at radius 2 is 2.14 bits per heavy atom. The van der Waals surface area contributed by atoms with Crippen molar-refractivity contribution in [3.8, 4) is 0 Å². The molecule has 1 fully saturated rings. The molecule has 21 heavy (non-hydrogen) atoms. The number of carbonyl (C=O) groups is 2. The number of aromatic nitrogens is 1. The van der Waals surface area contributed by atoms with Crippen molar-refractivity contribution in [3.05, 3.63) is 23.9 Å². The molecule has 6 nitrogen and oxygen atoms in total. The van der Waals surface area contributed by atoms with Crippen LogP contribution in [-0.4, -0.2) is 70.7 Å². The van der Waals surface area contributed by atoms with E-state index in [2.05, 4.69) is 4.98 Å². The van der Waals surface area contributed by atoms with E-state index in [-0.39, 0.29) is 12.5 Å². The Labute approximate surface area is 128 Å². The molecule has 0 unspecified atom stereocenters. The van der Waals surface area contributed by atoms with Gasteiger partial charge in [-0.2, -0.15) is 0 Å². The topological polar surface area (TPSA) is 73.7 Å². The van der Waals surface area contributed by atoms with Crippen molar-refractivity contribution >= 4 is 23.6 Å². The quantitative estimate of drug-likeness (QED) is 0.838. The predicted molar refractivity (Wildman–Crippen MR) is 80.6 cm³/mol. The number of pyridine rings is 1. The maximum absolute atomic E-state index is 12.6. The van der Waals surface area contributed by atoms with Gasteiger partial charge in [-0.05, 0) is 24.8 Å². The highest BCUT2D eigenvalue weighted by Gasteiger charge is 2.23. The monoisotopic (exact) mass is 309 g/mol. The molecule has 0 aromatic carbocycles. The van der Waals surface area contributed by atoms with E-state index in [4.69, 9.17) is 5.11 Å². The molecule has 1 N–H and O–H groups in total. The van der Waals surface area contributed by atoms with Crippen LogP contribution in [0.5, 0.6) is 0 Å². The summed E-state index contributed by atoms with van der Waals surface area (Å²) in [6.45, 7) is 2.53. The van der Waals surface area contributed by atoms with E-state index in [0.717, 1.165) is 11.4 Å². The second-order valence-corrected chi connectivity index (χ2v) is 5.67. The molecule has 1 aromatic rings. The largest absolute Gasteiger partial charge is 0.480 e. The molecule has 1 aliphatic heterocycles. The van der Waals surface area contributed by atoms with Crippen molar-refractivity contribution in [3.63, 3.8) is 0 Å². The van der Waals surface area contributed by atoms with Gasteiger partial charge in [0.25, 0.3) is 5.91 Å². The maximum atomic E-state index is 12.6. The van der Waals surface area contributed by atoms with Crippen LogP contribution >= 0.6 is 11.8 Å². The Morgan fingerprint density at radius 3 is 2.86 bits per heavy atom. The molecule has 1 amide bonds. The number of amides is 1. The zero-order valence-corrected chi connectivity index (χ0v) is 12.8. The van der Waals surface area contributed by atoms with E-state index in [1.165, 1.54) is 11.8 Å². The van der Waals surface area contributed by atoms with E-state index >= 15 is 0 Å². The summed E-state index contributed by atoms with van der Waals surface area (Å²) in [5.74, 6) is -0.851. The van der Waals surface area contributed by atoms with Gasteiger partial charge in [-0.25, -0.2) is 4.98 Å². The van der Waals surface area contributed by atoms with Gasteiger partial charge in [0.1, 0.15) is 5.03 Å². The van der Waals surface area contributed by atoms with Crippen LogP contribution in [0.2, 0.25) is 0 Å². The van der Waals surface area contributed by atoms with E-state index in [1.54, 1.807) is 23.2 Å². The van der Waals surface area contributed by atoms with Gasteiger partial charge >= 0.3 is 5.97 Å². The molecule has 0 atom stereocenters. The minimum absolute atomic E-state index is 0.0235. The van der Waals surface area contributed by atoms with Crippen molar-refractivity contribution in [1.29, 1.82) is 0 Å². The van der Waals surface area contributed by atoms with Gasteiger partial charge in [0.05, 0.1) is 12.1 Å². The first-order chi connectivity index (χ1) is 10.1. The van der Waals surface area contributed by atoms with Crippen LogP contribution in [0.25, 0.3) is 0 Å². The third-order valence-electron chi connectivity index (χ3n) is 3.43. The van der Waals surface area contributed by atoms with Crippen molar-refractivity contribution in [2.75, 3.05) is 39.0 Å². The molecule has 2 heterocycles. The smallest absolute Gasteiger partial charge is 0.317 e. The van der Waals surface area contributed by atoms with E-state index in [0.29, 0.717) is 31.7 Å². The number of carboxylic acid groups (broad SMARTS) is 1. The Kier molecular flexibility index (Phi) is 5.58. The first-order valence-corrected chi connectivity index (χ1v) is 8.06. The van der Waals surface area contributed by atoms with Gasteiger partial charge in [-0.15, -0.1) is 11.8 Å². The molecule has 1 aromatic heterocycles. The van der Waals surface area contributed by atoms with Gasteiger partial charge in [-0.1, -0.05) is 0 Å². The summed E-state index contributed by atoms with van der Waals surface area (Å²) in [6, 6.07) is 3.56. The van der Waals surface area contributed by atoms with Crippen LogP contribution in [0.4, 0.5) is 0 Å². The zero-order valence-electron chi connectivity index (χ0n) is 12.0. The summed E-state index contributed by atoms with van der Waals surface area (Å²) in [5.41, 5.74) is 0.622. The van der Waals surface area contributed by atoms with Crippen LogP contribution in [0.1, 0.15) is 16.8 Å². The second-order valence-electron chi connectivity index (χ2n) is 4.88. The van der Waals surface area contributed by atoms with Gasteiger partial charge in [0, 0.05) is 32.4 Å². The summed E-state index contributed by atoms with van der Waals surface area (Å²) in [6.07, 6.45) is 4.36. The molecule has 1 aliphatic rings. The van der Waals surface area contributed by atoms with Gasteiger partial charge in [-0.3, -0.25) is 14.5 Å². The lowest BCUT2D eigenvalue weighted by Crippen LogP contribution is -2.36. The number of thioether (sulfide) groups is 1. The molecule has 1 saturated heterocycles.